The van der Waals surface area contributed by atoms with Gasteiger partial charge in [0.25, 0.3) is 0 Å². The number of likely N-dealkylation sites (tertiary alicyclic amines) is 1. The van der Waals surface area contributed by atoms with E-state index in [0.717, 1.165) is 37.8 Å². The highest BCUT2D eigenvalue weighted by Crippen LogP contribution is 2.21. The Kier molecular flexibility index (Phi) is 5.56. The lowest BCUT2D eigenvalue weighted by molar-refractivity contribution is -0.143. The van der Waals surface area contributed by atoms with E-state index in [0.29, 0.717) is 13.2 Å². The lowest BCUT2D eigenvalue weighted by Gasteiger charge is -2.27. The number of carbonyl (C=O) groups is 1. The molecule has 0 spiro atoms. The van der Waals surface area contributed by atoms with Gasteiger partial charge in [0.1, 0.15) is 6.04 Å². The molecule has 1 atom stereocenters. The second kappa shape index (κ2) is 7.41. The first kappa shape index (κ1) is 15.0. The number of methoxy groups -OCH3 is 1. The fourth-order valence-corrected chi connectivity index (χ4v) is 2.86. The normalized spacial score (nSPS) is 20.6. The summed E-state index contributed by atoms with van der Waals surface area (Å²) in [5, 5.41) is 9.42. The second-order valence-corrected chi connectivity index (χ2v) is 5.38. The van der Waals surface area contributed by atoms with Crippen molar-refractivity contribution in [2.24, 2.45) is 0 Å². The van der Waals surface area contributed by atoms with Crippen LogP contribution in [0.25, 0.3) is 0 Å². The van der Waals surface area contributed by atoms with Crippen LogP contribution in [0.5, 0.6) is 0 Å². The number of nitrogens with zero attached hydrogens (tertiary/aromatic N) is 1. The first-order chi connectivity index (χ1) is 9.72. The third-order valence-corrected chi connectivity index (χ3v) is 3.94. The van der Waals surface area contributed by atoms with Gasteiger partial charge in [-0.3, -0.25) is 9.69 Å². The summed E-state index contributed by atoms with van der Waals surface area (Å²) >= 11 is 0. The van der Waals surface area contributed by atoms with Crippen LogP contribution in [0, 0.1) is 0 Å². The number of benzene rings is 1. The summed E-state index contributed by atoms with van der Waals surface area (Å²) in [4.78, 5) is 13.6. The molecule has 1 aliphatic heterocycles. The van der Waals surface area contributed by atoms with Crippen molar-refractivity contribution >= 4 is 5.97 Å². The Morgan fingerprint density at radius 2 is 2.05 bits per heavy atom. The standard InChI is InChI=1S/C16H23NO3/c1-20-12-14-8-5-4-7-13(14)11-17-10-6-2-3-9-15(17)16(18)19/h4-5,7-8,15H,2-3,6,9-12H2,1H3,(H,18,19). The Balaban J connectivity index is 2.15. The van der Waals surface area contributed by atoms with Crippen LogP contribution in [0.3, 0.4) is 0 Å². The van der Waals surface area contributed by atoms with E-state index < -0.39 is 5.97 Å². The van der Waals surface area contributed by atoms with Crippen molar-refractivity contribution in [3.63, 3.8) is 0 Å². The molecule has 0 aliphatic carbocycles. The quantitative estimate of drug-likeness (QED) is 0.899. The Morgan fingerprint density at radius 1 is 1.30 bits per heavy atom. The minimum atomic E-state index is -0.698. The van der Waals surface area contributed by atoms with Crippen LogP contribution in [-0.2, 0) is 22.7 Å². The number of rotatable bonds is 5. The highest BCUT2D eigenvalue weighted by molar-refractivity contribution is 5.73. The molecule has 4 nitrogen and oxygen atoms in total. The van der Waals surface area contributed by atoms with Gasteiger partial charge in [0.15, 0.2) is 0 Å². The lowest BCUT2D eigenvalue weighted by Crippen LogP contribution is -2.40. The van der Waals surface area contributed by atoms with Gasteiger partial charge in [-0.25, -0.2) is 0 Å². The molecule has 110 valence electrons. The van der Waals surface area contributed by atoms with Gasteiger partial charge in [0, 0.05) is 13.7 Å². The van der Waals surface area contributed by atoms with Crippen LogP contribution < -0.4 is 0 Å². The molecule has 1 unspecified atom stereocenters. The van der Waals surface area contributed by atoms with Crippen molar-refractivity contribution < 1.29 is 14.6 Å². The number of hydrogen-bond acceptors (Lipinski definition) is 3. The monoisotopic (exact) mass is 277 g/mol. The number of ether oxygens (including phenoxy) is 1. The van der Waals surface area contributed by atoms with E-state index in [4.69, 9.17) is 4.74 Å². The SMILES string of the molecule is COCc1ccccc1CN1CCCCCC1C(=O)O. The van der Waals surface area contributed by atoms with Gasteiger partial charge in [0.2, 0.25) is 0 Å². The number of carboxylic acids is 1. The molecule has 1 aromatic carbocycles. The predicted molar refractivity (Wildman–Crippen MR) is 77.5 cm³/mol. The van der Waals surface area contributed by atoms with Crippen molar-refractivity contribution in [1.82, 2.24) is 4.90 Å². The molecule has 4 heteroatoms. The summed E-state index contributed by atoms with van der Waals surface area (Å²) in [5.74, 6) is -0.698. The molecule has 0 aromatic heterocycles. The lowest BCUT2D eigenvalue weighted by atomic mass is 10.1. The van der Waals surface area contributed by atoms with Crippen LogP contribution in [0.1, 0.15) is 36.8 Å². The molecule has 1 saturated heterocycles. The molecule has 0 amide bonds. The van der Waals surface area contributed by atoms with Crippen LogP contribution in [-0.4, -0.2) is 35.7 Å². The smallest absolute Gasteiger partial charge is 0.320 e. The Morgan fingerprint density at radius 3 is 2.75 bits per heavy atom. The average molecular weight is 277 g/mol. The van der Waals surface area contributed by atoms with E-state index in [1.165, 1.54) is 5.56 Å². The van der Waals surface area contributed by atoms with Crippen molar-refractivity contribution in [2.45, 2.75) is 44.9 Å². The Hall–Kier alpha value is -1.39. The van der Waals surface area contributed by atoms with Crippen molar-refractivity contribution in [3.8, 4) is 0 Å². The van der Waals surface area contributed by atoms with E-state index >= 15 is 0 Å². The van der Waals surface area contributed by atoms with Crippen molar-refractivity contribution in [1.29, 1.82) is 0 Å². The van der Waals surface area contributed by atoms with Gasteiger partial charge in [-0.2, -0.15) is 0 Å². The molecule has 1 N–H and O–H groups in total. The van der Waals surface area contributed by atoms with Crippen LogP contribution in [0.4, 0.5) is 0 Å². The zero-order valence-electron chi connectivity index (χ0n) is 12.0. The highest BCUT2D eigenvalue weighted by atomic mass is 16.5. The van der Waals surface area contributed by atoms with Crippen LogP contribution >= 0.6 is 0 Å². The third kappa shape index (κ3) is 3.81. The van der Waals surface area contributed by atoms with E-state index in [-0.39, 0.29) is 6.04 Å². The summed E-state index contributed by atoms with van der Waals surface area (Å²) in [5.41, 5.74) is 2.31. The number of aliphatic carboxylic acids is 1. The maximum atomic E-state index is 11.5. The summed E-state index contributed by atoms with van der Waals surface area (Å²) in [7, 11) is 1.68. The first-order valence-corrected chi connectivity index (χ1v) is 7.25. The van der Waals surface area contributed by atoms with E-state index in [1.54, 1.807) is 7.11 Å². The van der Waals surface area contributed by atoms with Crippen molar-refractivity contribution in [2.75, 3.05) is 13.7 Å². The second-order valence-electron chi connectivity index (χ2n) is 5.38. The van der Waals surface area contributed by atoms with Gasteiger partial charge in [-0.1, -0.05) is 37.1 Å². The molecule has 1 fully saturated rings. The van der Waals surface area contributed by atoms with Gasteiger partial charge in [-0.05, 0) is 30.5 Å². The maximum Gasteiger partial charge on any atom is 0.320 e. The van der Waals surface area contributed by atoms with E-state index in [1.807, 2.05) is 18.2 Å². The largest absolute Gasteiger partial charge is 0.480 e. The van der Waals surface area contributed by atoms with E-state index in [2.05, 4.69) is 11.0 Å². The molecule has 0 bridgehead atoms. The molecule has 0 saturated carbocycles. The minimum Gasteiger partial charge on any atom is -0.480 e. The maximum absolute atomic E-state index is 11.5. The van der Waals surface area contributed by atoms with Crippen molar-refractivity contribution in [3.05, 3.63) is 35.4 Å². The molecule has 20 heavy (non-hydrogen) atoms. The third-order valence-electron chi connectivity index (χ3n) is 3.94. The van der Waals surface area contributed by atoms with Gasteiger partial charge < -0.3 is 9.84 Å². The van der Waals surface area contributed by atoms with Gasteiger partial charge >= 0.3 is 5.97 Å². The topological polar surface area (TPSA) is 49.8 Å². The summed E-state index contributed by atoms with van der Waals surface area (Å²) < 4.78 is 5.22. The number of carboxylic acid groups (broad SMARTS) is 1. The molecule has 2 rings (SSSR count). The average Bonchev–Trinajstić information content (AvgIpc) is 2.67. The zero-order valence-corrected chi connectivity index (χ0v) is 12.0. The first-order valence-electron chi connectivity index (χ1n) is 7.25. The van der Waals surface area contributed by atoms with Crippen LogP contribution in [0.15, 0.2) is 24.3 Å². The summed E-state index contributed by atoms with van der Waals surface area (Å²) in [6.07, 6.45) is 3.96. The fraction of sp³-hybridized carbons (Fsp3) is 0.562. The highest BCUT2D eigenvalue weighted by Gasteiger charge is 2.27. The molecule has 0 radical (unpaired) electrons. The zero-order chi connectivity index (χ0) is 14.4. The predicted octanol–water partition coefficient (Wildman–Crippen LogP) is 2.66. The van der Waals surface area contributed by atoms with Gasteiger partial charge in [-0.15, -0.1) is 0 Å². The molecular formula is C16H23NO3. The Bertz CT molecular complexity index is 447. The van der Waals surface area contributed by atoms with Gasteiger partial charge in [0.05, 0.1) is 6.61 Å². The fourth-order valence-electron chi connectivity index (χ4n) is 2.86. The minimum absolute atomic E-state index is 0.354. The molecule has 1 aliphatic rings. The molecule has 1 heterocycles. The molecule has 1 aromatic rings. The van der Waals surface area contributed by atoms with E-state index in [9.17, 15) is 9.90 Å². The Labute approximate surface area is 120 Å². The summed E-state index contributed by atoms with van der Waals surface area (Å²) in [6.45, 7) is 2.12. The van der Waals surface area contributed by atoms with Crippen LogP contribution in [0.2, 0.25) is 0 Å². The summed E-state index contributed by atoms with van der Waals surface area (Å²) in [6, 6.07) is 7.76. The number of hydrogen-bond donors (Lipinski definition) is 1. The molecular weight excluding hydrogens is 254 g/mol.